The molecule has 0 spiro atoms. The molecule has 1 aromatic heterocycles. The Morgan fingerprint density at radius 1 is 1.21 bits per heavy atom. The third kappa shape index (κ3) is 5.78. The molecule has 1 N–H and O–H groups in total. The van der Waals surface area contributed by atoms with Crippen LogP contribution >= 0.6 is 0 Å². The maximum Gasteiger partial charge on any atom is 0.417 e. The molecular weight excluding hydrogens is 478 g/mol. The fourth-order valence-electron chi connectivity index (χ4n) is 3.95. The number of nitrogens with one attached hydrogen (secondary N) is 1. The lowest BCUT2D eigenvalue weighted by molar-refractivity contribution is -0.137. The quantitative estimate of drug-likeness (QED) is 0.605. The van der Waals surface area contributed by atoms with Gasteiger partial charge in [-0.3, -0.25) is 4.79 Å². The molecule has 1 atom stereocenters. The number of hydrogen-bond donors (Lipinski definition) is 1. The van der Waals surface area contributed by atoms with Gasteiger partial charge in [-0.25, -0.2) is 22.5 Å². The van der Waals surface area contributed by atoms with Crippen molar-refractivity contribution in [2.24, 2.45) is 0 Å². The molecule has 34 heavy (non-hydrogen) atoms. The van der Waals surface area contributed by atoms with E-state index in [2.05, 4.69) is 4.98 Å². The average molecular weight is 502 g/mol. The van der Waals surface area contributed by atoms with Crippen LogP contribution in [0.4, 0.5) is 23.4 Å². The summed E-state index contributed by atoms with van der Waals surface area (Å²) in [5.41, 5.74) is -0.575. The van der Waals surface area contributed by atoms with Crippen LogP contribution in [0.3, 0.4) is 0 Å². The average Bonchev–Trinajstić information content (AvgIpc) is 3.57. The van der Waals surface area contributed by atoms with Gasteiger partial charge in [0.2, 0.25) is 10.0 Å². The molecule has 2 aliphatic rings. The van der Waals surface area contributed by atoms with Crippen molar-refractivity contribution < 1.29 is 35.5 Å². The molecule has 1 aliphatic heterocycles. The molecule has 2 fully saturated rings. The molecule has 1 aliphatic carbocycles. The summed E-state index contributed by atoms with van der Waals surface area (Å²) in [4.78, 5) is 18.0. The van der Waals surface area contributed by atoms with Gasteiger partial charge in [-0.15, -0.1) is 0 Å². The number of carbonyl (C=O) groups excluding carboxylic acids is 1. The normalized spacial score (nSPS) is 19.1. The topological polar surface area (TPSA) is 88.6 Å². The minimum atomic E-state index is -4.47. The Balaban J connectivity index is 1.51. The molecule has 2 heterocycles. The number of anilines is 1. The number of piperidine rings is 1. The van der Waals surface area contributed by atoms with Crippen molar-refractivity contribution in [2.45, 2.75) is 43.9 Å². The molecule has 0 unspecified atom stereocenters. The number of carbonyl (C=O) groups is 1. The van der Waals surface area contributed by atoms with E-state index in [0.29, 0.717) is 37.3 Å². The van der Waals surface area contributed by atoms with Crippen LogP contribution in [0.5, 0.6) is 5.75 Å². The molecule has 2 aromatic rings. The number of pyridine rings is 1. The van der Waals surface area contributed by atoms with Crippen LogP contribution in [-0.4, -0.2) is 44.8 Å². The van der Waals surface area contributed by atoms with Crippen molar-refractivity contribution in [1.29, 1.82) is 0 Å². The largest absolute Gasteiger partial charge is 0.488 e. The van der Waals surface area contributed by atoms with Gasteiger partial charge < -0.3 is 9.64 Å². The second kappa shape index (κ2) is 9.05. The van der Waals surface area contributed by atoms with Crippen LogP contribution in [0.2, 0.25) is 0 Å². The summed E-state index contributed by atoms with van der Waals surface area (Å²) < 4.78 is 83.7. The van der Waals surface area contributed by atoms with Crippen LogP contribution in [0.1, 0.15) is 53.1 Å². The summed E-state index contributed by atoms with van der Waals surface area (Å²) in [6.07, 6.45) is -0.216. The number of alkyl halides is 3. The first-order valence-corrected chi connectivity index (χ1v) is 12.6. The third-order valence-electron chi connectivity index (χ3n) is 5.71. The predicted octanol–water partition coefficient (Wildman–Crippen LogP) is 3.85. The van der Waals surface area contributed by atoms with E-state index in [0.717, 1.165) is 37.4 Å². The zero-order valence-corrected chi connectivity index (χ0v) is 19.0. The Hall–Kier alpha value is -2.89. The molecule has 0 bridgehead atoms. The summed E-state index contributed by atoms with van der Waals surface area (Å²) in [5.74, 6) is -1.20. The van der Waals surface area contributed by atoms with Gasteiger partial charge in [-0.05, 0) is 55.4 Å². The van der Waals surface area contributed by atoms with Crippen LogP contribution in [0.15, 0.2) is 30.5 Å². The highest BCUT2D eigenvalue weighted by Crippen LogP contribution is 2.45. The van der Waals surface area contributed by atoms with E-state index < -0.39 is 33.5 Å². The van der Waals surface area contributed by atoms with Crippen molar-refractivity contribution in [3.63, 3.8) is 0 Å². The fraction of sp³-hybridized carbons (Fsp3) is 0.455. The minimum Gasteiger partial charge on any atom is -0.488 e. The molecule has 1 saturated carbocycles. The number of aromatic nitrogens is 1. The number of benzene rings is 1. The molecule has 4 rings (SSSR count). The molecular formula is C22H23F4N3O4S. The summed E-state index contributed by atoms with van der Waals surface area (Å²) in [6.45, 7) is 0.938. The van der Waals surface area contributed by atoms with Gasteiger partial charge in [0.25, 0.3) is 5.91 Å². The number of ether oxygens (including phenoxy) is 1. The summed E-state index contributed by atoms with van der Waals surface area (Å²) >= 11 is 0. The molecule has 1 saturated heterocycles. The second-order valence-corrected chi connectivity index (χ2v) is 10.3. The number of sulfonamides is 1. The molecule has 0 radical (unpaired) electrons. The van der Waals surface area contributed by atoms with Crippen molar-refractivity contribution >= 4 is 21.7 Å². The first-order chi connectivity index (χ1) is 15.9. The highest BCUT2D eigenvalue weighted by Gasteiger charge is 2.33. The first kappa shape index (κ1) is 24.2. The summed E-state index contributed by atoms with van der Waals surface area (Å²) in [6, 6.07) is 4.73. The van der Waals surface area contributed by atoms with Gasteiger partial charge in [0, 0.05) is 18.8 Å². The minimum absolute atomic E-state index is 0.0802. The molecule has 1 amide bonds. The first-order valence-electron chi connectivity index (χ1n) is 10.7. The van der Waals surface area contributed by atoms with E-state index in [9.17, 15) is 30.8 Å². The number of halogens is 4. The Morgan fingerprint density at radius 2 is 1.94 bits per heavy atom. The van der Waals surface area contributed by atoms with E-state index in [1.807, 2.05) is 4.90 Å². The van der Waals surface area contributed by atoms with Crippen molar-refractivity contribution in [3.05, 3.63) is 53.0 Å². The maximum atomic E-state index is 14.7. The van der Waals surface area contributed by atoms with Gasteiger partial charge in [-0.1, -0.05) is 0 Å². The van der Waals surface area contributed by atoms with Crippen molar-refractivity contribution in [1.82, 2.24) is 9.71 Å². The van der Waals surface area contributed by atoms with E-state index in [-0.39, 0.29) is 23.3 Å². The van der Waals surface area contributed by atoms with Gasteiger partial charge >= 0.3 is 6.18 Å². The highest BCUT2D eigenvalue weighted by atomic mass is 32.2. The van der Waals surface area contributed by atoms with E-state index in [4.69, 9.17) is 4.74 Å². The van der Waals surface area contributed by atoms with Gasteiger partial charge in [0.05, 0.1) is 23.9 Å². The predicted molar refractivity (Wildman–Crippen MR) is 116 cm³/mol. The van der Waals surface area contributed by atoms with E-state index >= 15 is 0 Å². The zero-order chi connectivity index (χ0) is 24.7. The van der Waals surface area contributed by atoms with Gasteiger partial charge in [-0.2, -0.15) is 13.2 Å². The standard InChI is InChI=1S/C22H23F4N3O4S/c1-34(31,32)28-21(30)17-9-16(13-4-5-13)19(10-18(17)23)33-15-3-2-8-29(12-15)20-7-6-14(11-27-20)22(24,25)26/h6-7,9-11,13,15H,2-5,8,12H2,1H3,(H,28,30)/t15-/m1/s1. The Bertz CT molecular complexity index is 1180. The smallest absolute Gasteiger partial charge is 0.417 e. The zero-order valence-electron chi connectivity index (χ0n) is 18.2. The third-order valence-corrected chi connectivity index (χ3v) is 6.27. The van der Waals surface area contributed by atoms with E-state index in [1.165, 1.54) is 12.1 Å². The SMILES string of the molecule is CS(=O)(=O)NC(=O)c1cc(C2CC2)c(O[C@@H]2CCCN(c3ccc(C(F)(F)F)cn3)C2)cc1F. The number of amides is 1. The van der Waals surface area contributed by atoms with Gasteiger partial charge in [0.1, 0.15) is 23.5 Å². The maximum absolute atomic E-state index is 14.7. The van der Waals surface area contributed by atoms with Crippen LogP contribution in [0, 0.1) is 5.82 Å². The molecule has 7 nitrogen and oxygen atoms in total. The van der Waals surface area contributed by atoms with Crippen LogP contribution in [0.25, 0.3) is 0 Å². The van der Waals surface area contributed by atoms with Crippen LogP contribution < -0.4 is 14.4 Å². The Morgan fingerprint density at radius 3 is 2.53 bits per heavy atom. The Kier molecular flexibility index (Phi) is 6.45. The molecule has 184 valence electrons. The number of rotatable bonds is 6. The lowest BCUT2D eigenvalue weighted by Gasteiger charge is -2.34. The lowest BCUT2D eigenvalue weighted by Crippen LogP contribution is -2.41. The lowest BCUT2D eigenvalue weighted by atomic mass is 10.0. The summed E-state index contributed by atoms with van der Waals surface area (Å²) in [5, 5.41) is 0. The second-order valence-electron chi connectivity index (χ2n) is 8.58. The van der Waals surface area contributed by atoms with Crippen LogP contribution in [-0.2, 0) is 16.2 Å². The number of hydrogen-bond acceptors (Lipinski definition) is 6. The van der Waals surface area contributed by atoms with Crippen molar-refractivity contribution in [3.8, 4) is 5.75 Å². The molecule has 1 aromatic carbocycles. The highest BCUT2D eigenvalue weighted by molar-refractivity contribution is 7.89. The Labute approximate surface area is 194 Å². The monoisotopic (exact) mass is 501 g/mol. The fourth-order valence-corrected chi connectivity index (χ4v) is 4.39. The number of nitrogens with zero attached hydrogens (tertiary/aromatic N) is 2. The van der Waals surface area contributed by atoms with E-state index in [1.54, 1.807) is 4.72 Å². The van der Waals surface area contributed by atoms with Gasteiger partial charge in [0.15, 0.2) is 0 Å². The summed E-state index contributed by atoms with van der Waals surface area (Å²) in [7, 11) is -3.85. The van der Waals surface area contributed by atoms with Crippen molar-refractivity contribution in [2.75, 3.05) is 24.2 Å². The molecule has 12 heteroatoms.